The van der Waals surface area contributed by atoms with Crippen LogP contribution in [0.2, 0.25) is 0 Å². The zero-order valence-electron chi connectivity index (χ0n) is 12.0. The van der Waals surface area contributed by atoms with Gasteiger partial charge in [-0.15, -0.1) is 0 Å². The minimum absolute atomic E-state index is 0.135. The summed E-state index contributed by atoms with van der Waals surface area (Å²) in [5, 5.41) is 0. The van der Waals surface area contributed by atoms with Crippen molar-refractivity contribution < 1.29 is 4.74 Å². The molecule has 106 valence electrons. The highest BCUT2D eigenvalue weighted by molar-refractivity contribution is 5.34. The molecule has 1 aromatic carbocycles. The van der Waals surface area contributed by atoms with Crippen molar-refractivity contribution in [3.8, 4) is 5.75 Å². The Balaban J connectivity index is 2.32. The first-order valence-electron chi connectivity index (χ1n) is 6.62. The Kier molecular flexibility index (Phi) is 4.65. The standard InChI is InChI=1S/C15H20N4O/c1-10(2)20-13-6-4-5-12(9-13)15(19-16)14-7-8-17-11(3)18-14/h4-10,15,19H,16H2,1-3H3. The van der Waals surface area contributed by atoms with Crippen molar-refractivity contribution in [2.75, 3.05) is 0 Å². The maximum atomic E-state index is 5.71. The van der Waals surface area contributed by atoms with E-state index in [2.05, 4.69) is 15.4 Å². The van der Waals surface area contributed by atoms with Gasteiger partial charge in [-0.3, -0.25) is 5.84 Å². The molecule has 3 N–H and O–H groups in total. The van der Waals surface area contributed by atoms with Gasteiger partial charge in [-0.2, -0.15) is 0 Å². The molecule has 1 atom stereocenters. The topological polar surface area (TPSA) is 73.1 Å². The van der Waals surface area contributed by atoms with Gasteiger partial charge in [0.05, 0.1) is 17.8 Å². The van der Waals surface area contributed by atoms with Gasteiger partial charge in [0, 0.05) is 6.20 Å². The van der Waals surface area contributed by atoms with Crippen LogP contribution in [-0.4, -0.2) is 16.1 Å². The van der Waals surface area contributed by atoms with Crippen molar-refractivity contribution in [1.29, 1.82) is 0 Å². The van der Waals surface area contributed by atoms with Gasteiger partial charge in [-0.25, -0.2) is 15.4 Å². The van der Waals surface area contributed by atoms with Crippen molar-refractivity contribution in [1.82, 2.24) is 15.4 Å². The van der Waals surface area contributed by atoms with Crippen LogP contribution in [0.25, 0.3) is 0 Å². The number of rotatable bonds is 5. The van der Waals surface area contributed by atoms with Gasteiger partial charge >= 0.3 is 0 Å². The van der Waals surface area contributed by atoms with Crippen LogP contribution in [0.15, 0.2) is 36.5 Å². The van der Waals surface area contributed by atoms with Gasteiger partial charge in [0.25, 0.3) is 0 Å². The van der Waals surface area contributed by atoms with E-state index in [4.69, 9.17) is 10.6 Å². The lowest BCUT2D eigenvalue weighted by molar-refractivity contribution is 0.242. The number of ether oxygens (including phenoxy) is 1. The molecule has 1 unspecified atom stereocenters. The van der Waals surface area contributed by atoms with Crippen LogP contribution < -0.4 is 16.0 Å². The average molecular weight is 272 g/mol. The molecule has 2 rings (SSSR count). The zero-order valence-corrected chi connectivity index (χ0v) is 12.0. The number of aromatic nitrogens is 2. The van der Waals surface area contributed by atoms with Crippen molar-refractivity contribution in [2.24, 2.45) is 5.84 Å². The third-order valence-corrected chi connectivity index (χ3v) is 2.82. The van der Waals surface area contributed by atoms with Gasteiger partial charge in [-0.05, 0) is 44.5 Å². The molecule has 0 fully saturated rings. The molecule has 0 bridgehead atoms. The SMILES string of the molecule is Cc1nccc(C(NN)c2cccc(OC(C)C)c2)n1. The lowest BCUT2D eigenvalue weighted by atomic mass is 10.0. The highest BCUT2D eigenvalue weighted by Gasteiger charge is 2.15. The summed E-state index contributed by atoms with van der Waals surface area (Å²) < 4.78 is 5.71. The molecule has 0 saturated carbocycles. The van der Waals surface area contributed by atoms with E-state index in [1.54, 1.807) is 6.20 Å². The second-order valence-corrected chi connectivity index (χ2v) is 4.87. The van der Waals surface area contributed by atoms with Crippen molar-refractivity contribution in [2.45, 2.75) is 32.9 Å². The molecule has 1 aromatic heterocycles. The summed E-state index contributed by atoms with van der Waals surface area (Å²) in [4.78, 5) is 8.52. The van der Waals surface area contributed by atoms with Gasteiger partial charge in [0.15, 0.2) is 0 Å². The molecule has 0 saturated heterocycles. The fourth-order valence-electron chi connectivity index (χ4n) is 2.03. The Bertz CT molecular complexity index is 571. The number of benzene rings is 1. The average Bonchev–Trinajstić information content (AvgIpc) is 2.39. The summed E-state index contributed by atoms with van der Waals surface area (Å²) in [5.74, 6) is 7.23. The summed E-state index contributed by atoms with van der Waals surface area (Å²) in [6, 6.07) is 9.52. The number of hydrogen-bond acceptors (Lipinski definition) is 5. The first-order chi connectivity index (χ1) is 9.60. The molecule has 0 aliphatic heterocycles. The van der Waals surface area contributed by atoms with E-state index in [-0.39, 0.29) is 12.1 Å². The molecule has 0 amide bonds. The van der Waals surface area contributed by atoms with Crippen LogP contribution >= 0.6 is 0 Å². The number of nitrogens with one attached hydrogen (secondary N) is 1. The van der Waals surface area contributed by atoms with Crippen LogP contribution in [0.5, 0.6) is 5.75 Å². The molecule has 5 nitrogen and oxygen atoms in total. The van der Waals surface area contributed by atoms with E-state index in [0.717, 1.165) is 22.8 Å². The van der Waals surface area contributed by atoms with E-state index in [0.29, 0.717) is 0 Å². The molecular formula is C15H20N4O. The quantitative estimate of drug-likeness (QED) is 0.644. The highest BCUT2D eigenvalue weighted by Crippen LogP contribution is 2.24. The van der Waals surface area contributed by atoms with Crippen LogP contribution in [0.1, 0.15) is 37.0 Å². The second-order valence-electron chi connectivity index (χ2n) is 4.87. The van der Waals surface area contributed by atoms with Gasteiger partial charge < -0.3 is 4.74 Å². The van der Waals surface area contributed by atoms with E-state index in [9.17, 15) is 0 Å². The third kappa shape index (κ3) is 3.53. The Morgan fingerprint density at radius 3 is 2.70 bits per heavy atom. The first-order valence-corrected chi connectivity index (χ1v) is 6.62. The first kappa shape index (κ1) is 14.4. The number of aryl methyl sites for hydroxylation is 1. The summed E-state index contributed by atoms with van der Waals surface area (Å²) >= 11 is 0. The molecule has 0 spiro atoms. The second kappa shape index (κ2) is 6.45. The summed E-state index contributed by atoms with van der Waals surface area (Å²) in [7, 11) is 0. The maximum absolute atomic E-state index is 5.71. The lowest BCUT2D eigenvalue weighted by Gasteiger charge is -2.18. The van der Waals surface area contributed by atoms with Gasteiger partial charge in [0.2, 0.25) is 0 Å². The van der Waals surface area contributed by atoms with E-state index in [1.165, 1.54) is 0 Å². The molecule has 5 heteroatoms. The maximum Gasteiger partial charge on any atom is 0.125 e. The fourth-order valence-corrected chi connectivity index (χ4v) is 2.03. The number of hydrogen-bond donors (Lipinski definition) is 2. The molecule has 0 aliphatic rings. The van der Waals surface area contributed by atoms with Crippen LogP contribution in [0.3, 0.4) is 0 Å². The summed E-state index contributed by atoms with van der Waals surface area (Å²) in [5.41, 5.74) is 4.63. The number of nitrogens with two attached hydrogens (primary N) is 1. The molecular weight excluding hydrogens is 252 g/mol. The zero-order chi connectivity index (χ0) is 14.5. The van der Waals surface area contributed by atoms with Crippen molar-refractivity contribution in [3.63, 3.8) is 0 Å². The van der Waals surface area contributed by atoms with Crippen molar-refractivity contribution in [3.05, 3.63) is 53.6 Å². The van der Waals surface area contributed by atoms with Gasteiger partial charge in [-0.1, -0.05) is 12.1 Å². The lowest BCUT2D eigenvalue weighted by Crippen LogP contribution is -2.29. The predicted octanol–water partition coefficient (Wildman–Crippen LogP) is 2.12. The minimum Gasteiger partial charge on any atom is -0.491 e. The highest BCUT2D eigenvalue weighted by atomic mass is 16.5. The Morgan fingerprint density at radius 1 is 1.25 bits per heavy atom. The Morgan fingerprint density at radius 2 is 2.05 bits per heavy atom. The van der Waals surface area contributed by atoms with Crippen LogP contribution in [0, 0.1) is 6.92 Å². The number of nitrogens with zero attached hydrogens (tertiary/aromatic N) is 2. The van der Waals surface area contributed by atoms with E-state index < -0.39 is 0 Å². The predicted molar refractivity (Wildman–Crippen MR) is 78.1 cm³/mol. The molecule has 0 aliphatic carbocycles. The summed E-state index contributed by atoms with van der Waals surface area (Å²) in [6.07, 6.45) is 1.87. The van der Waals surface area contributed by atoms with Gasteiger partial charge in [0.1, 0.15) is 11.6 Å². The molecule has 2 aromatic rings. The largest absolute Gasteiger partial charge is 0.491 e. The smallest absolute Gasteiger partial charge is 0.125 e. The fraction of sp³-hybridized carbons (Fsp3) is 0.333. The summed E-state index contributed by atoms with van der Waals surface area (Å²) in [6.45, 7) is 5.85. The third-order valence-electron chi connectivity index (χ3n) is 2.82. The molecule has 0 radical (unpaired) electrons. The van der Waals surface area contributed by atoms with Crippen LogP contribution in [-0.2, 0) is 0 Å². The Labute approximate surface area is 119 Å². The van der Waals surface area contributed by atoms with E-state index in [1.807, 2.05) is 51.1 Å². The van der Waals surface area contributed by atoms with E-state index >= 15 is 0 Å². The minimum atomic E-state index is -0.188. The molecule has 20 heavy (non-hydrogen) atoms. The van der Waals surface area contributed by atoms with Crippen LogP contribution in [0.4, 0.5) is 0 Å². The monoisotopic (exact) mass is 272 g/mol. The Hall–Kier alpha value is -1.98. The van der Waals surface area contributed by atoms with Crippen molar-refractivity contribution >= 4 is 0 Å². The number of hydrazine groups is 1. The normalized spacial score (nSPS) is 12.4. The molecule has 1 heterocycles.